The summed E-state index contributed by atoms with van der Waals surface area (Å²) < 4.78 is 4.07. The average molecular weight is 501 g/mol. The average Bonchev–Trinajstić information content (AvgIpc) is 3.46. The Morgan fingerprint density at radius 2 is 1.74 bits per heavy atom. The van der Waals surface area contributed by atoms with Crippen LogP contribution in [-0.4, -0.2) is 9.97 Å². The normalized spacial score (nSPS) is 12.8. The van der Waals surface area contributed by atoms with Crippen molar-refractivity contribution in [3.05, 3.63) is 58.0 Å². The molecule has 0 radical (unpaired) electrons. The van der Waals surface area contributed by atoms with Crippen LogP contribution in [0.5, 0.6) is 0 Å². The fourth-order valence-corrected chi connectivity index (χ4v) is 8.39. The van der Waals surface area contributed by atoms with Gasteiger partial charge in [0.2, 0.25) is 0 Å². The van der Waals surface area contributed by atoms with Crippen molar-refractivity contribution in [2.75, 3.05) is 0 Å². The molecule has 2 aromatic carbocycles. The highest BCUT2D eigenvalue weighted by atomic mass is 32.1. The van der Waals surface area contributed by atoms with Gasteiger partial charge < -0.3 is 0 Å². The van der Waals surface area contributed by atoms with Crippen molar-refractivity contribution in [2.45, 2.75) is 53.4 Å². The molecule has 0 aliphatic heterocycles. The topological polar surface area (TPSA) is 25.8 Å². The van der Waals surface area contributed by atoms with Crippen molar-refractivity contribution in [3.63, 3.8) is 0 Å². The first kappa shape index (κ1) is 22.1. The van der Waals surface area contributed by atoms with E-state index in [0.717, 1.165) is 16.9 Å². The molecule has 2 nitrogen and oxygen atoms in total. The van der Waals surface area contributed by atoms with Crippen LogP contribution in [0.25, 0.3) is 51.7 Å². The van der Waals surface area contributed by atoms with E-state index in [2.05, 4.69) is 77.3 Å². The largest absolute Gasteiger partial charge is 0.236 e. The molecular formula is C29H28N2S3. The van der Waals surface area contributed by atoms with Gasteiger partial charge in [0.05, 0.1) is 5.69 Å². The predicted molar refractivity (Wildman–Crippen MR) is 153 cm³/mol. The van der Waals surface area contributed by atoms with E-state index in [9.17, 15) is 0 Å². The first-order valence-electron chi connectivity index (χ1n) is 11.8. The lowest BCUT2D eigenvalue weighted by atomic mass is 9.85. The fourth-order valence-electron chi connectivity index (χ4n) is 5.03. The molecule has 0 spiro atoms. The summed E-state index contributed by atoms with van der Waals surface area (Å²) in [6.45, 7) is 13.8. The summed E-state index contributed by atoms with van der Waals surface area (Å²) >= 11 is 5.55. The summed E-state index contributed by atoms with van der Waals surface area (Å²) in [6.07, 6.45) is 2.85. The van der Waals surface area contributed by atoms with Gasteiger partial charge in [0, 0.05) is 35.3 Å². The van der Waals surface area contributed by atoms with Crippen LogP contribution in [0.3, 0.4) is 0 Å². The third-order valence-corrected chi connectivity index (χ3v) is 9.76. The fraction of sp³-hybridized carbons (Fsp3) is 0.310. The molecule has 0 saturated carbocycles. The Balaban J connectivity index is 1.67. The van der Waals surface area contributed by atoms with Gasteiger partial charge in [-0.2, -0.15) is 0 Å². The first-order chi connectivity index (χ1) is 16.2. The van der Waals surface area contributed by atoms with Crippen LogP contribution in [0, 0.1) is 12.8 Å². The van der Waals surface area contributed by atoms with Gasteiger partial charge in [-0.15, -0.1) is 34.0 Å². The number of aromatic nitrogens is 2. The second kappa shape index (κ2) is 7.84. The second-order valence-electron chi connectivity index (χ2n) is 10.7. The van der Waals surface area contributed by atoms with Gasteiger partial charge in [0.15, 0.2) is 0 Å². The molecule has 0 saturated heterocycles. The van der Waals surface area contributed by atoms with E-state index in [-0.39, 0.29) is 5.41 Å². The van der Waals surface area contributed by atoms with E-state index in [1.54, 1.807) is 17.7 Å². The van der Waals surface area contributed by atoms with E-state index in [0.29, 0.717) is 5.92 Å². The molecule has 0 amide bonds. The van der Waals surface area contributed by atoms with Crippen LogP contribution in [0.1, 0.15) is 50.6 Å². The van der Waals surface area contributed by atoms with Gasteiger partial charge in [-0.05, 0) is 82.3 Å². The second-order valence-corrected chi connectivity index (χ2v) is 13.9. The summed E-state index contributed by atoms with van der Waals surface area (Å²) in [5.74, 6) is 0.637. The number of benzene rings is 2. The molecule has 0 unspecified atom stereocenters. The minimum atomic E-state index is 0.0636. The van der Waals surface area contributed by atoms with E-state index in [4.69, 9.17) is 9.97 Å². The Morgan fingerprint density at radius 3 is 2.50 bits per heavy atom. The van der Waals surface area contributed by atoms with E-state index in [1.165, 1.54) is 57.2 Å². The lowest BCUT2D eigenvalue weighted by Crippen LogP contribution is -2.11. The standard InChI is InChI=1S/C29H28N2S3/c1-15(2)9-19-16(3)33-23-13-24-21(12-20(19)23)25-26(30-14-31-28(25)34-24)18-10-17-7-8-32-27(17)22(11-18)29(4,5)6/h7-8,10-15H,9H2,1-6H3. The Bertz CT molecular complexity index is 1710. The molecule has 0 bridgehead atoms. The Hall–Kier alpha value is -2.34. The zero-order chi connectivity index (χ0) is 23.8. The third kappa shape index (κ3) is 3.48. The van der Waals surface area contributed by atoms with Gasteiger partial charge in [-0.25, -0.2) is 9.97 Å². The number of aryl methyl sites for hydroxylation is 1. The number of hydrogen-bond donors (Lipinski definition) is 0. The summed E-state index contributed by atoms with van der Waals surface area (Å²) in [4.78, 5) is 12.1. The van der Waals surface area contributed by atoms with E-state index >= 15 is 0 Å². The number of nitrogens with zero attached hydrogens (tertiary/aromatic N) is 2. The minimum absolute atomic E-state index is 0.0636. The highest BCUT2D eigenvalue weighted by Crippen LogP contribution is 2.44. The van der Waals surface area contributed by atoms with Crippen LogP contribution < -0.4 is 0 Å². The molecule has 4 heterocycles. The van der Waals surface area contributed by atoms with Crippen molar-refractivity contribution in [1.29, 1.82) is 0 Å². The minimum Gasteiger partial charge on any atom is -0.236 e. The zero-order valence-electron chi connectivity index (χ0n) is 20.4. The van der Waals surface area contributed by atoms with Crippen molar-refractivity contribution >= 4 is 74.5 Å². The van der Waals surface area contributed by atoms with Gasteiger partial charge in [0.1, 0.15) is 11.2 Å². The van der Waals surface area contributed by atoms with Crippen LogP contribution in [0.15, 0.2) is 42.0 Å². The van der Waals surface area contributed by atoms with Crippen molar-refractivity contribution in [1.82, 2.24) is 9.97 Å². The van der Waals surface area contributed by atoms with Gasteiger partial charge in [0.25, 0.3) is 0 Å². The van der Waals surface area contributed by atoms with Crippen LogP contribution in [0.4, 0.5) is 0 Å². The molecular weight excluding hydrogens is 473 g/mol. The summed E-state index contributed by atoms with van der Waals surface area (Å²) in [5, 5.41) is 7.38. The maximum atomic E-state index is 4.87. The van der Waals surface area contributed by atoms with Gasteiger partial charge in [-0.1, -0.05) is 34.6 Å². The Labute approximate surface area is 212 Å². The predicted octanol–water partition coefficient (Wildman–Crippen LogP) is 9.75. The summed E-state index contributed by atoms with van der Waals surface area (Å²) in [5.41, 5.74) is 5.19. The molecule has 5 heteroatoms. The summed E-state index contributed by atoms with van der Waals surface area (Å²) in [6, 6.07) is 11.7. The van der Waals surface area contributed by atoms with Crippen molar-refractivity contribution < 1.29 is 0 Å². The van der Waals surface area contributed by atoms with Gasteiger partial charge >= 0.3 is 0 Å². The lowest BCUT2D eigenvalue weighted by Gasteiger charge is -2.21. The highest BCUT2D eigenvalue weighted by molar-refractivity contribution is 7.26. The molecule has 0 aliphatic carbocycles. The molecule has 6 rings (SSSR count). The molecule has 0 atom stereocenters. The highest BCUT2D eigenvalue weighted by Gasteiger charge is 2.22. The molecule has 4 aromatic heterocycles. The summed E-state index contributed by atoms with van der Waals surface area (Å²) in [7, 11) is 0. The van der Waals surface area contributed by atoms with Crippen molar-refractivity contribution in [2.24, 2.45) is 5.92 Å². The molecule has 172 valence electrons. The van der Waals surface area contributed by atoms with Crippen LogP contribution in [-0.2, 0) is 11.8 Å². The van der Waals surface area contributed by atoms with E-state index in [1.807, 2.05) is 22.7 Å². The quantitative estimate of drug-likeness (QED) is 0.242. The zero-order valence-corrected chi connectivity index (χ0v) is 22.9. The number of fused-ring (bicyclic) bond motifs is 5. The lowest BCUT2D eigenvalue weighted by molar-refractivity contribution is 0.597. The van der Waals surface area contributed by atoms with Crippen LogP contribution >= 0.6 is 34.0 Å². The molecule has 0 N–H and O–H groups in total. The SMILES string of the molecule is Cc1sc2cc3sc4ncnc(-c5cc(C(C)(C)C)c6sccc6c5)c4c3cc2c1CC(C)C. The number of thiophene rings is 3. The maximum absolute atomic E-state index is 4.87. The third-order valence-electron chi connectivity index (χ3n) is 6.63. The smallest absolute Gasteiger partial charge is 0.128 e. The Morgan fingerprint density at radius 1 is 0.941 bits per heavy atom. The molecule has 34 heavy (non-hydrogen) atoms. The van der Waals surface area contributed by atoms with Crippen LogP contribution in [0.2, 0.25) is 0 Å². The molecule has 0 aliphatic rings. The Kier molecular flexibility index (Phi) is 5.11. The monoisotopic (exact) mass is 500 g/mol. The number of hydrogen-bond acceptors (Lipinski definition) is 5. The first-order valence-corrected chi connectivity index (χ1v) is 14.3. The molecule has 0 fully saturated rings. The van der Waals surface area contributed by atoms with Crippen molar-refractivity contribution in [3.8, 4) is 11.3 Å². The maximum Gasteiger partial charge on any atom is 0.128 e. The van der Waals surface area contributed by atoms with Gasteiger partial charge in [-0.3, -0.25) is 0 Å². The molecule has 6 aromatic rings. The van der Waals surface area contributed by atoms with E-state index < -0.39 is 0 Å². The number of rotatable bonds is 3.